The maximum Gasteiger partial charge on any atom is 0.258 e. The summed E-state index contributed by atoms with van der Waals surface area (Å²) in [7, 11) is 0. The van der Waals surface area contributed by atoms with E-state index in [4.69, 9.17) is 27.6 Å². The Bertz CT molecular complexity index is 630. The van der Waals surface area contributed by atoms with Gasteiger partial charge in [-0.25, -0.2) is 0 Å². The Labute approximate surface area is 130 Å². The van der Waals surface area contributed by atoms with E-state index in [2.05, 4.69) is 0 Å². The zero-order valence-electron chi connectivity index (χ0n) is 10.4. The first-order valence-electron chi connectivity index (χ1n) is 6.06. The smallest absolute Gasteiger partial charge is 0.258 e. The van der Waals surface area contributed by atoms with Gasteiger partial charge in [0.05, 0.1) is 21.9 Å². The molecule has 0 bridgehead atoms. The van der Waals surface area contributed by atoms with Gasteiger partial charge in [-0.3, -0.25) is 4.79 Å². The van der Waals surface area contributed by atoms with Crippen LogP contribution in [0.5, 0.6) is 0 Å². The molecule has 1 aromatic heterocycles. The lowest BCUT2D eigenvalue weighted by Gasteiger charge is -2.23. The number of hydrogen-bond acceptors (Lipinski definition) is 3. The molecule has 3 nitrogen and oxygen atoms in total. The lowest BCUT2D eigenvalue weighted by Crippen LogP contribution is -2.30. The molecule has 20 heavy (non-hydrogen) atoms. The van der Waals surface area contributed by atoms with Crippen LogP contribution >= 0.6 is 35.0 Å². The van der Waals surface area contributed by atoms with Crippen molar-refractivity contribution >= 4 is 40.9 Å². The van der Waals surface area contributed by atoms with Gasteiger partial charge in [-0.1, -0.05) is 29.3 Å². The van der Waals surface area contributed by atoms with Gasteiger partial charge in [0.1, 0.15) is 11.6 Å². The number of carbonyl (C=O) groups is 1. The maximum absolute atomic E-state index is 12.4. The molecule has 0 radical (unpaired) electrons. The standard InChI is InChI=1S/C14H11Cl2NO2S/c15-11-2-1-9(7-12(11)16)14-17(4-6-20-14)13(18)10-3-5-19-8-10/h1-3,5,7-8,14H,4,6H2/t14-/m1/s1. The van der Waals surface area contributed by atoms with Crippen molar-refractivity contribution in [2.75, 3.05) is 12.3 Å². The summed E-state index contributed by atoms with van der Waals surface area (Å²) < 4.78 is 4.98. The Hall–Kier alpha value is -1.10. The van der Waals surface area contributed by atoms with Crippen molar-refractivity contribution in [1.82, 2.24) is 4.90 Å². The molecule has 3 rings (SSSR count). The Morgan fingerprint density at radius 3 is 2.85 bits per heavy atom. The highest BCUT2D eigenvalue weighted by molar-refractivity contribution is 7.99. The molecule has 1 fully saturated rings. The van der Waals surface area contributed by atoms with E-state index in [1.807, 2.05) is 17.0 Å². The summed E-state index contributed by atoms with van der Waals surface area (Å²) in [5.74, 6) is 0.869. The third-order valence-electron chi connectivity index (χ3n) is 3.15. The molecule has 0 N–H and O–H groups in total. The predicted octanol–water partition coefficient (Wildman–Crippen LogP) is 4.47. The fourth-order valence-electron chi connectivity index (χ4n) is 2.17. The molecule has 6 heteroatoms. The molecule has 1 aliphatic heterocycles. The third-order valence-corrected chi connectivity index (χ3v) is 5.15. The summed E-state index contributed by atoms with van der Waals surface area (Å²) in [5, 5.41) is 0.991. The van der Waals surface area contributed by atoms with Gasteiger partial charge in [0.2, 0.25) is 0 Å². The summed E-state index contributed by atoms with van der Waals surface area (Å²) in [5.41, 5.74) is 1.55. The van der Waals surface area contributed by atoms with Crippen molar-refractivity contribution in [2.24, 2.45) is 0 Å². The molecule has 0 spiro atoms. The van der Waals surface area contributed by atoms with Gasteiger partial charge < -0.3 is 9.32 Å². The van der Waals surface area contributed by atoms with Crippen LogP contribution in [0.2, 0.25) is 10.0 Å². The van der Waals surface area contributed by atoms with Crippen LogP contribution in [0.15, 0.2) is 41.2 Å². The Kier molecular flexibility index (Phi) is 3.96. The minimum atomic E-state index is -0.0350. The van der Waals surface area contributed by atoms with Crippen molar-refractivity contribution in [3.63, 3.8) is 0 Å². The van der Waals surface area contributed by atoms with E-state index in [0.717, 1.165) is 11.3 Å². The van der Waals surface area contributed by atoms with Gasteiger partial charge in [0.15, 0.2) is 0 Å². The van der Waals surface area contributed by atoms with Gasteiger partial charge in [-0.2, -0.15) is 0 Å². The van der Waals surface area contributed by atoms with E-state index < -0.39 is 0 Å². The van der Waals surface area contributed by atoms with Crippen molar-refractivity contribution in [2.45, 2.75) is 5.37 Å². The number of amides is 1. The van der Waals surface area contributed by atoms with Gasteiger partial charge in [0.25, 0.3) is 5.91 Å². The van der Waals surface area contributed by atoms with Crippen LogP contribution in [0.3, 0.4) is 0 Å². The number of rotatable bonds is 2. The number of thioether (sulfide) groups is 1. The molecular formula is C14H11Cl2NO2S. The maximum atomic E-state index is 12.4. The molecule has 0 saturated carbocycles. The van der Waals surface area contributed by atoms with Gasteiger partial charge in [-0.05, 0) is 23.8 Å². The molecule has 2 aromatic rings. The molecular weight excluding hydrogens is 317 g/mol. The minimum Gasteiger partial charge on any atom is -0.472 e. The van der Waals surface area contributed by atoms with E-state index >= 15 is 0 Å². The number of carbonyl (C=O) groups excluding carboxylic acids is 1. The number of halogens is 2. The highest BCUT2D eigenvalue weighted by Gasteiger charge is 2.31. The zero-order valence-corrected chi connectivity index (χ0v) is 12.7. The van der Waals surface area contributed by atoms with Crippen LogP contribution in [0.1, 0.15) is 21.3 Å². The average molecular weight is 328 g/mol. The largest absolute Gasteiger partial charge is 0.472 e. The number of furan rings is 1. The molecule has 1 saturated heterocycles. The first-order valence-corrected chi connectivity index (χ1v) is 7.87. The van der Waals surface area contributed by atoms with Crippen LogP contribution in [0.4, 0.5) is 0 Å². The van der Waals surface area contributed by atoms with Crippen LogP contribution < -0.4 is 0 Å². The van der Waals surface area contributed by atoms with E-state index in [1.165, 1.54) is 12.5 Å². The van der Waals surface area contributed by atoms with E-state index in [1.54, 1.807) is 23.9 Å². The first kappa shape index (κ1) is 13.9. The monoisotopic (exact) mass is 327 g/mol. The molecule has 1 amide bonds. The lowest BCUT2D eigenvalue weighted by atomic mass is 10.2. The van der Waals surface area contributed by atoms with Gasteiger partial charge >= 0.3 is 0 Å². The fourth-order valence-corrected chi connectivity index (χ4v) is 3.72. The zero-order chi connectivity index (χ0) is 14.1. The SMILES string of the molecule is O=C(c1ccoc1)N1CCS[C@@H]1c1ccc(Cl)c(Cl)c1. The van der Waals surface area contributed by atoms with Crippen molar-refractivity contribution in [3.05, 3.63) is 58.0 Å². The second kappa shape index (κ2) is 5.72. The normalized spacial score (nSPS) is 18.5. The minimum absolute atomic E-state index is 0.0279. The second-order valence-electron chi connectivity index (χ2n) is 4.41. The molecule has 104 valence electrons. The third kappa shape index (κ3) is 2.55. The molecule has 1 aromatic carbocycles. The Balaban J connectivity index is 1.88. The summed E-state index contributed by atoms with van der Waals surface area (Å²) in [4.78, 5) is 14.3. The van der Waals surface area contributed by atoms with Gasteiger partial charge in [-0.15, -0.1) is 11.8 Å². The molecule has 0 aliphatic carbocycles. The molecule has 1 atom stereocenters. The molecule has 0 unspecified atom stereocenters. The van der Waals surface area contributed by atoms with Crippen molar-refractivity contribution < 1.29 is 9.21 Å². The number of benzene rings is 1. The summed E-state index contributed by atoms with van der Waals surface area (Å²) in [6.45, 7) is 0.708. The highest BCUT2D eigenvalue weighted by Crippen LogP contribution is 2.40. The van der Waals surface area contributed by atoms with Crippen molar-refractivity contribution in [3.8, 4) is 0 Å². The topological polar surface area (TPSA) is 33.5 Å². The Morgan fingerprint density at radius 2 is 2.15 bits per heavy atom. The first-order chi connectivity index (χ1) is 9.66. The average Bonchev–Trinajstić information content (AvgIpc) is 3.11. The summed E-state index contributed by atoms with van der Waals surface area (Å²) in [6, 6.07) is 7.17. The summed E-state index contributed by atoms with van der Waals surface area (Å²) >= 11 is 13.7. The number of hydrogen-bond donors (Lipinski definition) is 0. The molecule has 2 heterocycles. The fraction of sp³-hybridized carbons (Fsp3) is 0.214. The van der Waals surface area contributed by atoms with E-state index in [0.29, 0.717) is 22.2 Å². The number of nitrogens with zero attached hydrogens (tertiary/aromatic N) is 1. The van der Waals surface area contributed by atoms with E-state index in [9.17, 15) is 4.79 Å². The van der Waals surface area contributed by atoms with Crippen molar-refractivity contribution in [1.29, 1.82) is 0 Å². The van der Waals surface area contributed by atoms with Crippen LogP contribution in [0.25, 0.3) is 0 Å². The van der Waals surface area contributed by atoms with Crippen LogP contribution in [-0.2, 0) is 0 Å². The van der Waals surface area contributed by atoms with E-state index in [-0.39, 0.29) is 11.3 Å². The van der Waals surface area contributed by atoms with Gasteiger partial charge in [0, 0.05) is 12.3 Å². The van der Waals surface area contributed by atoms with Crippen LogP contribution in [-0.4, -0.2) is 23.1 Å². The highest BCUT2D eigenvalue weighted by atomic mass is 35.5. The Morgan fingerprint density at radius 1 is 1.30 bits per heavy atom. The van der Waals surface area contributed by atoms with Crippen LogP contribution in [0, 0.1) is 0 Å². The molecule has 1 aliphatic rings. The summed E-state index contributed by atoms with van der Waals surface area (Å²) in [6.07, 6.45) is 2.97. The second-order valence-corrected chi connectivity index (χ2v) is 6.41. The predicted molar refractivity (Wildman–Crippen MR) is 81.4 cm³/mol. The quantitative estimate of drug-likeness (QED) is 0.815. The lowest BCUT2D eigenvalue weighted by molar-refractivity contribution is 0.0759.